The Morgan fingerprint density at radius 1 is 1.29 bits per heavy atom. The molecule has 0 unspecified atom stereocenters. The van der Waals surface area contributed by atoms with Crippen LogP contribution in [0, 0.1) is 0 Å². The van der Waals surface area contributed by atoms with Crippen LogP contribution in [0.15, 0.2) is 18.2 Å². The number of hydrogen-bond acceptors (Lipinski definition) is 2. The van der Waals surface area contributed by atoms with E-state index in [0.29, 0.717) is 0 Å². The zero-order chi connectivity index (χ0) is 10.2. The summed E-state index contributed by atoms with van der Waals surface area (Å²) >= 11 is 0. The van der Waals surface area contributed by atoms with Gasteiger partial charge in [-0.1, -0.05) is 6.07 Å². The Hall–Kier alpha value is -1.18. The topological polar surface area (TPSA) is 21.3 Å². The number of nitrogens with one attached hydrogen (secondary N) is 1. The molecule has 0 spiro atoms. The van der Waals surface area contributed by atoms with Crippen molar-refractivity contribution in [2.45, 2.75) is 32.8 Å². The van der Waals surface area contributed by atoms with Crippen LogP contribution in [0.2, 0.25) is 0 Å². The fourth-order valence-electron chi connectivity index (χ4n) is 1.69. The van der Waals surface area contributed by atoms with Crippen molar-refractivity contribution in [1.82, 2.24) is 0 Å². The second kappa shape index (κ2) is 3.19. The molecule has 0 saturated carbocycles. The molecule has 0 radical (unpaired) electrons. The third-order valence-electron chi connectivity index (χ3n) is 2.22. The van der Waals surface area contributed by atoms with Crippen LogP contribution >= 0.6 is 0 Å². The van der Waals surface area contributed by atoms with E-state index in [2.05, 4.69) is 44.3 Å². The van der Waals surface area contributed by atoms with Crippen molar-refractivity contribution in [2.75, 3.05) is 11.9 Å². The minimum atomic E-state index is -0.118. The Bertz CT molecular complexity index is 339. The van der Waals surface area contributed by atoms with Gasteiger partial charge >= 0.3 is 0 Å². The predicted octanol–water partition coefficient (Wildman–Crippen LogP) is 2.83. The summed E-state index contributed by atoms with van der Waals surface area (Å²) in [5.74, 6) is 0.950. The van der Waals surface area contributed by atoms with Gasteiger partial charge in [0.2, 0.25) is 0 Å². The number of anilines is 1. The summed E-state index contributed by atoms with van der Waals surface area (Å²) in [6.07, 6.45) is 1.13. The maximum absolute atomic E-state index is 5.79. The molecule has 2 nitrogen and oxygen atoms in total. The van der Waals surface area contributed by atoms with Gasteiger partial charge in [-0.25, -0.2) is 0 Å². The molecule has 2 heteroatoms. The highest BCUT2D eigenvalue weighted by Gasteiger charge is 2.14. The maximum atomic E-state index is 5.79. The summed E-state index contributed by atoms with van der Waals surface area (Å²) in [4.78, 5) is 0. The molecule has 1 aromatic rings. The van der Waals surface area contributed by atoms with Gasteiger partial charge in [-0.2, -0.15) is 0 Å². The first-order valence-corrected chi connectivity index (χ1v) is 5.10. The van der Waals surface area contributed by atoms with E-state index >= 15 is 0 Å². The van der Waals surface area contributed by atoms with Gasteiger partial charge in [0, 0.05) is 18.3 Å². The van der Waals surface area contributed by atoms with Crippen LogP contribution in [0.4, 0.5) is 5.69 Å². The lowest BCUT2D eigenvalue weighted by molar-refractivity contribution is 0.131. The molecule has 1 heterocycles. The molecule has 1 aliphatic heterocycles. The van der Waals surface area contributed by atoms with E-state index < -0.39 is 0 Å². The normalized spacial score (nSPS) is 14.8. The number of hydrogen-bond donors (Lipinski definition) is 1. The molecule has 1 N–H and O–H groups in total. The molecule has 1 aliphatic rings. The standard InChI is InChI=1S/C12H17NO/c1-12(2,3)14-10-5-4-9-6-7-13-11(9)8-10/h4-5,8,13H,6-7H2,1-3H3. The molecule has 14 heavy (non-hydrogen) atoms. The van der Waals surface area contributed by atoms with Crippen molar-refractivity contribution in [3.63, 3.8) is 0 Å². The average Bonchev–Trinajstić information content (AvgIpc) is 2.47. The van der Waals surface area contributed by atoms with E-state index in [0.717, 1.165) is 18.7 Å². The number of ether oxygens (including phenoxy) is 1. The van der Waals surface area contributed by atoms with E-state index in [9.17, 15) is 0 Å². The number of rotatable bonds is 1. The van der Waals surface area contributed by atoms with Gasteiger partial charge in [-0.15, -0.1) is 0 Å². The molecule has 0 atom stereocenters. The van der Waals surface area contributed by atoms with E-state index in [1.54, 1.807) is 0 Å². The summed E-state index contributed by atoms with van der Waals surface area (Å²) < 4.78 is 5.79. The Morgan fingerprint density at radius 2 is 2.07 bits per heavy atom. The third kappa shape index (κ3) is 2.00. The van der Waals surface area contributed by atoms with Gasteiger partial charge in [-0.05, 0) is 38.8 Å². The number of benzene rings is 1. The minimum absolute atomic E-state index is 0.118. The van der Waals surface area contributed by atoms with Gasteiger partial charge < -0.3 is 10.1 Å². The fraction of sp³-hybridized carbons (Fsp3) is 0.500. The summed E-state index contributed by atoms with van der Waals surface area (Å²) in [6.45, 7) is 7.24. The molecule has 0 bridgehead atoms. The van der Waals surface area contributed by atoms with Crippen molar-refractivity contribution >= 4 is 5.69 Å². The zero-order valence-corrected chi connectivity index (χ0v) is 9.05. The predicted molar refractivity (Wildman–Crippen MR) is 59.0 cm³/mol. The van der Waals surface area contributed by atoms with Gasteiger partial charge in [0.1, 0.15) is 11.4 Å². The van der Waals surface area contributed by atoms with Crippen molar-refractivity contribution in [2.24, 2.45) is 0 Å². The molecule has 0 saturated heterocycles. The monoisotopic (exact) mass is 191 g/mol. The number of fused-ring (bicyclic) bond motifs is 1. The summed E-state index contributed by atoms with van der Waals surface area (Å²) in [5, 5.41) is 3.35. The smallest absolute Gasteiger partial charge is 0.122 e. The zero-order valence-electron chi connectivity index (χ0n) is 9.05. The lowest BCUT2D eigenvalue weighted by Crippen LogP contribution is -2.22. The molecule has 0 aliphatic carbocycles. The van der Waals surface area contributed by atoms with Crippen LogP contribution < -0.4 is 10.1 Å². The van der Waals surface area contributed by atoms with Crippen LogP contribution in [0.1, 0.15) is 26.3 Å². The fourth-order valence-corrected chi connectivity index (χ4v) is 1.69. The van der Waals surface area contributed by atoms with Gasteiger partial charge in [0.25, 0.3) is 0 Å². The third-order valence-corrected chi connectivity index (χ3v) is 2.22. The highest BCUT2D eigenvalue weighted by atomic mass is 16.5. The molecular formula is C12H17NO. The Balaban J connectivity index is 2.21. The Kier molecular flexibility index (Phi) is 2.14. The van der Waals surface area contributed by atoms with Gasteiger partial charge in [0.05, 0.1) is 0 Å². The SMILES string of the molecule is CC(C)(C)Oc1ccc2c(c1)NCC2. The van der Waals surface area contributed by atoms with Crippen LogP contribution in [0.25, 0.3) is 0 Å². The summed E-state index contributed by atoms with van der Waals surface area (Å²) in [6, 6.07) is 6.29. The molecule has 76 valence electrons. The van der Waals surface area contributed by atoms with Crippen LogP contribution in [0.3, 0.4) is 0 Å². The largest absolute Gasteiger partial charge is 0.488 e. The highest BCUT2D eigenvalue weighted by Crippen LogP contribution is 2.28. The van der Waals surface area contributed by atoms with Crippen molar-refractivity contribution in [3.8, 4) is 5.75 Å². The van der Waals surface area contributed by atoms with Crippen molar-refractivity contribution in [3.05, 3.63) is 23.8 Å². The first kappa shape index (κ1) is 9.38. The molecule has 0 fully saturated rings. The van der Waals surface area contributed by atoms with E-state index in [-0.39, 0.29) is 5.60 Å². The quantitative estimate of drug-likeness (QED) is 0.737. The summed E-state index contributed by atoms with van der Waals surface area (Å²) in [5.41, 5.74) is 2.50. The lowest BCUT2D eigenvalue weighted by Gasteiger charge is -2.21. The molecule has 1 aromatic carbocycles. The first-order valence-electron chi connectivity index (χ1n) is 5.10. The molecular weight excluding hydrogens is 174 g/mol. The lowest BCUT2D eigenvalue weighted by atomic mass is 10.1. The Morgan fingerprint density at radius 3 is 2.79 bits per heavy atom. The van der Waals surface area contributed by atoms with Gasteiger partial charge in [-0.3, -0.25) is 0 Å². The van der Waals surface area contributed by atoms with Gasteiger partial charge in [0.15, 0.2) is 0 Å². The van der Waals surface area contributed by atoms with Crippen molar-refractivity contribution < 1.29 is 4.74 Å². The van der Waals surface area contributed by atoms with E-state index in [1.807, 2.05) is 0 Å². The van der Waals surface area contributed by atoms with E-state index in [4.69, 9.17) is 4.74 Å². The van der Waals surface area contributed by atoms with Crippen molar-refractivity contribution in [1.29, 1.82) is 0 Å². The highest BCUT2D eigenvalue weighted by molar-refractivity contribution is 5.58. The van der Waals surface area contributed by atoms with Crippen LogP contribution in [-0.4, -0.2) is 12.1 Å². The van der Waals surface area contributed by atoms with Crippen LogP contribution in [-0.2, 0) is 6.42 Å². The van der Waals surface area contributed by atoms with Crippen LogP contribution in [0.5, 0.6) is 5.75 Å². The Labute approximate surface area is 85.3 Å². The maximum Gasteiger partial charge on any atom is 0.122 e. The minimum Gasteiger partial charge on any atom is -0.488 e. The van der Waals surface area contributed by atoms with E-state index in [1.165, 1.54) is 11.3 Å². The molecule has 0 amide bonds. The molecule has 2 rings (SSSR count). The first-order chi connectivity index (χ1) is 6.54. The second-order valence-corrected chi connectivity index (χ2v) is 4.71. The molecule has 0 aromatic heterocycles. The summed E-state index contributed by atoms with van der Waals surface area (Å²) in [7, 11) is 0. The second-order valence-electron chi connectivity index (χ2n) is 4.71. The average molecular weight is 191 g/mol.